The molecule has 1 N–H and O–H groups in total. The molecule has 1 fully saturated rings. The van der Waals surface area contributed by atoms with Crippen LogP contribution < -0.4 is 0 Å². The van der Waals surface area contributed by atoms with Crippen molar-refractivity contribution in [2.75, 3.05) is 12.4 Å². The molecule has 136 valence electrons. The predicted octanol–water partition coefficient (Wildman–Crippen LogP) is 0.569. The third kappa shape index (κ3) is 3.01. The Hall–Kier alpha value is -2.94. The molecule has 2 aliphatic rings. The quantitative estimate of drug-likeness (QED) is 0.463. The van der Waals surface area contributed by atoms with Gasteiger partial charge in [0.1, 0.15) is 12.3 Å². The molecule has 0 spiro atoms. The van der Waals surface area contributed by atoms with Crippen LogP contribution in [-0.2, 0) is 29.0 Å². The highest BCUT2D eigenvalue weighted by atomic mass is 32.2. The molecular weight excluding hydrogens is 362 g/mol. The van der Waals surface area contributed by atoms with E-state index in [4.69, 9.17) is 4.74 Å². The molecule has 2 aliphatic heterocycles. The van der Waals surface area contributed by atoms with Gasteiger partial charge in [-0.2, -0.15) is 0 Å². The van der Waals surface area contributed by atoms with Gasteiger partial charge < -0.3 is 9.84 Å². The van der Waals surface area contributed by atoms with Gasteiger partial charge in [-0.3, -0.25) is 14.5 Å². The highest BCUT2D eigenvalue weighted by molar-refractivity contribution is 7.92. The van der Waals surface area contributed by atoms with Crippen LogP contribution in [0.15, 0.2) is 47.2 Å². The van der Waals surface area contributed by atoms with Gasteiger partial charge in [-0.05, 0) is 11.6 Å². The van der Waals surface area contributed by atoms with Gasteiger partial charge in [0.2, 0.25) is 0 Å². The highest BCUT2D eigenvalue weighted by Crippen LogP contribution is 2.40. The summed E-state index contributed by atoms with van der Waals surface area (Å²) in [5.41, 5.74) is 0.0797. The van der Waals surface area contributed by atoms with E-state index in [9.17, 15) is 27.9 Å². The maximum atomic E-state index is 12.6. The lowest BCUT2D eigenvalue weighted by atomic mass is 9.99. The van der Waals surface area contributed by atoms with Crippen LogP contribution in [0.1, 0.15) is 12.5 Å². The van der Waals surface area contributed by atoms with Gasteiger partial charge >= 0.3 is 11.9 Å². The van der Waals surface area contributed by atoms with Crippen LogP contribution in [0.5, 0.6) is 0 Å². The molecule has 26 heavy (non-hydrogen) atoms. The fourth-order valence-corrected chi connectivity index (χ4v) is 4.91. The minimum Gasteiger partial charge on any atom is -0.477 e. The molecule has 1 saturated heterocycles. The number of fused-ring (bicyclic) bond motifs is 1. The number of carboxylic acids is 1. The number of hydrogen-bond acceptors (Lipinski definition) is 6. The van der Waals surface area contributed by atoms with Gasteiger partial charge in [0.05, 0.1) is 11.3 Å². The average Bonchev–Trinajstić information content (AvgIpc) is 2.57. The van der Waals surface area contributed by atoms with Crippen molar-refractivity contribution < 1.29 is 32.6 Å². The molecule has 2 heterocycles. The van der Waals surface area contributed by atoms with E-state index < -0.39 is 51.1 Å². The molecule has 0 saturated carbocycles. The van der Waals surface area contributed by atoms with Gasteiger partial charge in [-0.15, -0.1) is 0 Å². The van der Waals surface area contributed by atoms with Crippen LogP contribution in [0.25, 0.3) is 6.08 Å². The highest BCUT2D eigenvalue weighted by Gasteiger charge is 2.56. The van der Waals surface area contributed by atoms with Crippen molar-refractivity contribution in [1.29, 1.82) is 0 Å². The summed E-state index contributed by atoms with van der Waals surface area (Å²) in [6, 6.07) is 8.67. The summed E-state index contributed by atoms with van der Waals surface area (Å²) < 4.78 is 30.0. The molecule has 1 atom stereocenters. The van der Waals surface area contributed by atoms with Crippen molar-refractivity contribution in [3.05, 3.63) is 52.7 Å². The summed E-state index contributed by atoms with van der Waals surface area (Å²) >= 11 is 0. The van der Waals surface area contributed by atoms with E-state index in [1.807, 2.05) is 0 Å². The normalized spacial score (nSPS) is 22.7. The van der Waals surface area contributed by atoms with E-state index in [1.54, 1.807) is 30.3 Å². The monoisotopic (exact) mass is 377 g/mol. The molecule has 3 rings (SSSR count). The first-order valence-electron chi connectivity index (χ1n) is 7.63. The lowest BCUT2D eigenvalue weighted by molar-refractivity contribution is -0.143. The van der Waals surface area contributed by atoms with Crippen LogP contribution in [0.2, 0.25) is 0 Å². The van der Waals surface area contributed by atoms with Gasteiger partial charge in [-0.25, -0.2) is 13.2 Å². The summed E-state index contributed by atoms with van der Waals surface area (Å²) in [6.07, 6.45) is 1.44. The number of carbonyl (C=O) groups is 3. The molecule has 0 radical (unpaired) electrons. The SMILES string of the molecule is CC(=O)OCC1=C(C(=O)O)N2C(=O)/C(=C\c3ccccc3)[C@H]2S(=O)(=O)C1. The fraction of sp³-hybridized carbons (Fsp3) is 0.235. The Labute approximate surface area is 149 Å². The Balaban J connectivity index is 2.04. The molecule has 9 heteroatoms. The van der Waals surface area contributed by atoms with E-state index in [2.05, 4.69) is 0 Å². The Morgan fingerprint density at radius 1 is 1.31 bits per heavy atom. The zero-order chi connectivity index (χ0) is 19.1. The molecule has 0 aliphatic carbocycles. The van der Waals surface area contributed by atoms with Crippen molar-refractivity contribution in [2.45, 2.75) is 12.3 Å². The molecule has 1 amide bonds. The fourth-order valence-electron chi connectivity index (χ4n) is 2.97. The third-order valence-corrected chi connectivity index (χ3v) is 5.93. The number of esters is 1. The number of β-lactam (4-membered cyclic amide) rings is 1. The molecule has 0 unspecified atom stereocenters. The van der Waals surface area contributed by atoms with Crippen molar-refractivity contribution in [1.82, 2.24) is 4.90 Å². The van der Waals surface area contributed by atoms with Crippen molar-refractivity contribution in [3.63, 3.8) is 0 Å². The van der Waals surface area contributed by atoms with E-state index in [0.717, 1.165) is 11.8 Å². The minimum atomic E-state index is -3.87. The van der Waals surface area contributed by atoms with Crippen molar-refractivity contribution in [3.8, 4) is 0 Å². The zero-order valence-electron chi connectivity index (χ0n) is 13.7. The first-order valence-corrected chi connectivity index (χ1v) is 9.34. The zero-order valence-corrected chi connectivity index (χ0v) is 14.5. The Bertz CT molecular complexity index is 960. The van der Waals surface area contributed by atoms with Crippen LogP contribution in [0.4, 0.5) is 0 Å². The lowest BCUT2D eigenvalue weighted by Gasteiger charge is -2.45. The smallest absolute Gasteiger partial charge is 0.352 e. The number of ether oxygens (including phenoxy) is 1. The number of amides is 1. The summed E-state index contributed by atoms with van der Waals surface area (Å²) in [7, 11) is -3.87. The average molecular weight is 377 g/mol. The summed E-state index contributed by atoms with van der Waals surface area (Å²) in [4.78, 5) is 35.8. The van der Waals surface area contributed by atoms with E-state index in [0.29, 0.717) is 5.56 Å². The summed E-state index contributed by atoms with van der Waals surface area (Å²) in [6.45, 7) is 0.626. The number of aliphatic carboxylic acids is 1. The predicted molar refractivity (Wildman–Crippen MR) is 90.1 cm³/mol. The molecular formula is C17H15NO7S. The number of carboxylic acid groups (broad SMARTS) is 1. The third-order valence-electron chi connectivity index (χ3n) is 4.03. The van der Waals surface area contributed by atoms with Gasteiger partial charge in [0.15, 0.2) is 15.2 Å². The topological polar surface area (TPSA) is 118 Å². The Morgan fingerprint density at radius 3 is 2.54 bits per heavy atom. The molecule has 8 nitrogen and oxygen atoms in total. The van der Waals surface area contributed by atoms with Crippen molar-refractivity contribution >= 4 is 33.8 Å². The number of benzene rings is 1. The number of nitrogens with zero attached hydrogens (tertiary/aromatic N) is 1. The first kappa shape index (κ1) is 17.9. The molecule has 1 aromatic rings. The first-order chi connectivity index (χ1) is 12.2. The summed E-state index contributed by atoms with van der Waals surface area (Å²) in [5.74, 6) is -3.41. The second-order valence-electron chi connectivity index (χ2n) is 5.88. The minimum absolute atomic E-state index is 0.0153. The van der Waals surface area contributed by atoms with Gasteiger partial charge in [0.25, 0.3) is 5.91 Å². The van der Waals surface area contributed by atoms with Crippen LogP contribution in [-0.4, -0.2) is 54.0 Å². The number of sulfone groups is 1. The maximum absolute atomic E-state index is 12.6. The van der Waals surface area contributed by atoms with E-state index >= 15 is 0 Å². The van der Waals surface area contributed by atoms with Crippen LogP contribution >= 0.6 is 0 Å². The van der Waals surface area contributed by atoms with Crippen LogP contribution in [0.3, 0.4) is 0 Å². The summed E-state index contributed by atoms with van der Waals surface area (Å²) in [5, 5.41) is 8.11. The maximum Gasteiger partial charge on any atom is 0.352 e. The Morgan fingerprint density at radius 2 is 1.96 bits per heavy atom. The second-order valence-corrected chi connectivity index (χ2v) is 7.94. The number of carbonyl (C=O) groups excluding carboxylic acids is 2. The Kier molecular flexibility index (Phi) is 4.41. The van der Waals surface area contributed by atoms with Gasteiger partial charge in [-0.1, -0.05) is 30.3 Å². The van der Waals surface area contributed by atoms with Crippen molar-refractivity contribution in [2.24, 2.45) is 0 Å². The lowest BCUT2D eigenvalue weighted by Crippen LogP contribution is -2.62. The molecule has 0 bridgehead atoms. The van der Waals surface area contributed by atoms with Gasteiger partial charge in [0, 0.05) is 12.5 Å². The van der Waals surface area contributed by atoms with E-state index in [1.165, 1.54) is 6.08 Å². The number of hydrogen-bond donors (Lipinski definition) is 1. The standard InChI is InChI=1S/C17H15NO7S/c1-10(19)25-8-12-9-26(23,24)16-13(7-11-5-3-2-4-6-11)15(20)18(16)14(12)17(21)22/h2-7,16H,8-9H2,1H3,(H,21,22)/b13-7+/t16-/m1/s1. The largest absolute Gasteiger partial charge is 0.477 e. The second kappa shape index (κ2) is 6.41. The molecule has 0 aromatic heterocycles. The van der Waals surface area contributed by atoms with E-state index in [-0.39, 0.29) is 11.1 Å². The molecule has 1 aromatic carbocycles. The van der Waals surface area contributed by atoms with Crippen LogP contribution in [0, 0.1) is 0 Å². The number of rotatable bonds is 4.